The highest BCUT2D eigenvalue weighted by Crippen LogP contribution is 2.48. The zero-order valence-corrected chi connectivity index (χ0v) is 25.6. The van der Waals surface area contributed by atoms with Crippen LogP contribution in [-0.4, -0.2) is 56.6 Å². The minimum Gasteiger partial charge on any atom is -0.465 e. The summed E-state index contributed by atoms with van der Waals surface area (Å²) in [5.74, 6) is 0.349. The second-order valence-electron chi connectivity index (χ2n) is 10.5. The van der Waals surface area contributed by atoms with Gasteiger partial charge in [-0.2, -0.15) is 0 Å². The van der Waals surface area contributed by atoms with Crippen molar-refractivity contribution in [1.82, 2.24) is 10.2 Å². The van der Waals surface area contributed by atoms with Gasteiger partial charge in [-0.15, -0.1) is 0 Å². The minimum absolute atomic E-state index is 0.0512. The highest BCUT2D eigenvalue weighted by Gasteiger charge is 2.30. The molecule has 2 aromatic carbocycles. The van der Waals surface area contributed by atoms with Crippen LogP contribution >= 0.6 is 8.38 Å². The van der Waals surface area contributed by atoms with Crippen molar-refractivity contribution in [3.63, 3.8) is 0 Å². The van der Waals surface area contributed by atoms with Gasteiger partial charge in [0.15, 0.2) is 8.38 Å². The van der Waals surface area contributed by atoms with Crippen LogP contribution in [0.3, 0.4) is 0 Å². The molecule has 3 unspecified atom stereocenters. The molecule has 2 rings (SSSR count). The van der Waals surface area contributed by atoms with Gasteiger partial charge in [-0.05, 0) is 44.0 Å². The van der Waals surface area contributed by atoms with E-state index in [1.165, 1.54) is 0 Å². The molecular weight excluding hydrogens is 527 g/mol. The molecule has 0 aliphatic carbocycles. The van der Waals surface area contributed by atoms with Crippen molar-refractivity contribution in [3.05, 3.63) is 71.8 Å². The maximum atomic E-state index is 12.2. The van der Waals surface area contributed by atoms with E-state index in [0.29, 0.717) is 45.1 Å². The molecule has 0 aliphatic rings. The molecule has 2 aromatic rings. The third kappa shape index (κ3) is 14.2. The summed E-state index contributed by atoms with van der Waals surface area (Å²) in [6.45, 7) is 8.38. The highest BCUT2D eigenvalue weighted by atomic mass is 31.2. The first kappa shape index (κ1) is 33.7. The van der Waals surface area contributed by atoms with Crippen molar-refractivity contribution in [3.8, 4) is 0 Å². The van der Waals surface area contributed by atoms with E-state index in [9.17, 15) is 9.59 Å². The summed E-state index contributed by atoms with van der Waals surface area (Å²) < 4.78 is 23.3. The van der Waals surface area contributed by atoms with Crippen molar-refractivity contribution in [2.45, 2.75) is 65.5 Å². The zero-order valence-electron chi connectivity index (χ0n) is 24.7. The average molecular weight is 575 g/mol. The number of benzene rings is 2. The number of alkyl carbamates (subject to hydrolysis) is 1. The molecule has 8 nitrogen and oxygen atoms in total. The fourth-order valence-electron chi connectivity index (χ4n) is 4.02. The van der Waals surface area contributed by atoms with Gasteiger partial charge in [-0.25, -0.2) is 4.79 Å². The molecule has 222 valence electrons. The third-order valence-electron chi connectivity index (χ3n) is 6.10. The number of ether oxygens (including phenoxy) is 2. The van der Waals surface area contributed by atoms with Crippen molar-refractivity contribution < 1.29 is 28.1 Å². The van der Waals surface area contributed by atoms with E-state index in [1.807, 2.05) is 81.7 Å². The number of rotatable bonds is 19. The van der Waals surface area contributed by atoms with Crippen LogP contribution in [0.25, 0.3) is 0 Å². The Labute approximate surface area is 241 Å². The van der Waals surface area contributed by atoms with E-state index in [1.54, 1.807) is 0 Å². The van der Waals surface area contributed by atoms with E-state index in [0.717, 1.165) is 24.0 Å². The van der Waals surface area contributed by atoms with Crippen LogP contribution in [0, 0.1) is 11.8 Å². The van der Waals surface area contributed by atoms with Crippen LogP contribution in [0.2, 0.25) is 0 Å². The Balaban J connectivity index is 1.60. The summed E-state index contributed by atoms with van der Waals surface area (Å²) in [6, 6.07) is 19.7. The lowest BCUT2D eigenvalue weighted by molar-refractivity contribution is -0.145. The topological polar surface area (TPSA) is 86.3 Å². The third-order valence-corrected chi connectivity index (χ3v) is 8.37. The lowest BCUT2D eigenvalue weighted by Crippen LogP contribution is -2.32. The van der Waals surface area contributed by atoms with E-state index < -0.39 is 14.5 Å². The Kier molecular flexibility index (Phi) is 16.5. The Hall–Kier alpha value is -2.51. The molecule has 40 heavy (non-hydrogen) atoms. The number of carbonyl (C=O) groups excluding carboxylic acids is 2. The largest absolute Gasteiger partial charge is 0.465 e. The van der Waals surface area contributed by atoms with Gasteiger partial charge in [0.25, 0.3) is 0 Å². The molecule has 0 saturated carbocycles. The summed E-state index contributed by atoms with van der Waals surface area (Å²) in [5.41, 5.74) is 2.06. The van der Waals surface area contributed by atoms with Gasteiger partial charge in [0, 0.05) is 18.9 Å². The van der Waals surface area contributed by atoms with Gasteiger partial charge in [0.1, 0.15) is 6.61 Å². The van der Waals surface area contributed by atoms with Gasteiger partial charge in [-0.1, -0.05) is 87.9 Å². The van der Waals surface area contributed by atoms with Crippen molar-refractivity contribution >= 4 is 20.4 Å². The normalized spacial score (nSPS) is 13.6. The Morgan fingerprint density at radius 2 is 1.43 bits per heavy atom. The Morgan fingerprint density at radius 3 is 2.02 bits per heavy atom. The smallest absolute Gasteiger partial charge is 0.407 e. The first-order valence-electron chi connectivity index (χ1n) is 14.1. The maximum Gasteiger partial charge on any atom is 0.407 e. The standard InChI is InChI=1S/C31H47N2O6P/c1-25(2)30(33(4)5)40(39-24-28-17-11-7-12-18-28)38-22-26(3)21-36-29(34)19-13-8-14-20-32-31(35)37-23-27-15-9-6-10-16-27/h6-7,9-12,15-18,25-26,30H,8,13-14,19-24H2,1-5H3,(H,32,35). The summed E-state index contributed by atoms with van der Waals surface area (Å²) in [7, 11) is 2.93. The number of unbranched alkanes of at least 4 members (excludes halogenated alkanes) is 2. The molecular formula is C31H47N2O6P. The molecule has 1 N–H and O–H groups in total. The quantitative estimate of drug-likeness (QED) is 0.113. The van der Waals surface area contributed by atoms with E-state index in [4.69, 9.17) is 18.5 Å². The fourth-order valence-corrected chi connectivity index (χ4v) is 5.94. The van der Waals surface area contributed by atoms with Gasteiger partial charge in [0.05, 0.1) is 25.6 Å². The summed E-state index contributed by atoms with van der Waals surface area (Å²) in [6.07, 6.45) is 2.22. The van der Waals surface area contributed by atoms with Crippen LogP contribution in [0.15, 0.2) is 60.7 Å². The van der Waals surface area contributed by atoms with E-state index in [2.05, 4.69) is 24.1 Å². The minimum atomic E-state index is -1.17. The lowest BCUT2D eigenvalue weighted by Gasteiger charge is -2.34. The molecule has 3 atom stereocenters. The lowest BCUT2D eigenvalue weighted by atomic mass is 10.2. The first-order chi connectivity index (χ1) is 19.3. The number of carbonyl (C=O) groups is 2. The molecule has 9 heteroatoms. The number of hydrogen-bond donors (Lipinski definition) is 1. The molecule has 0 saturated heterocycles. The van der Waals surface area contributed by atoms with Crippen molar-refractivity contribution in [2.75, 3.05) is 33.9 Å². The fraction of sp³-hybridized carbons (Fsp3) is 0.548. The first-order valence-corrected chi connectivity index (χ1v) is 15.4. The van der Waals surface area contributed by atoms with Crippen LogP contribution in [0.5, 0.6) is 0 Å². The summed E-state index contributed by atoms with van der Waals surface area (Å²) in [4.78, 5) is 26.2. The molecule has 0 radical (unpaired) electrons. The molecule has 0 aliphatic heterocycles. The number of esters is 1. The van der Waals surface area contributed by atoms with Crippen LogP contribution in [0.4, 0.5) is 4.79 Å². The second kappa shape index (κ2) is 19.5. The zero-order chi connectivity index (χ0) is 29.2. The van der Waals surface area contributed by atoms with Crippen LogP contribution in [-0.2, 0) is 36.5 Å². The molecule has 0 aromatic heterocycles. The van der Waals surface area contributed by atoms with Crippen molar-refractivity contribution in [1.29, 1.82) is 0 Å². The molecule has 0 heterocycles. The van der Waals surface area contributed by atoms with Gasteiger partial charge in [-0.3, -0.25) is 9.69 Å². The highest BCUT2D eigenvalue weighted by molar-refractivity contribution is 7.48. The molecule has 0 bridgehead atoms. The van der Waals surface area contributed by atoms with Crippen LogP contribution in [0.1, 0.15) is 57.6 Å². The molecule has 1 amide bonds. The number of hydrogen-bond acceptors (Lipinski definition) is 7. The van der Waals surface area contributed by atoms with E-state index >= 15 is 0 Å². The predicted molar refractivity (Wildman–Crippen MR) is 160 cm³/mol. The Morgan fingerprint density at radius 1 is 0.800 bits per heavy atom. The maximum absolute atomic E-state index is 12.2. The van der Waals surface area contributed by atoms with Crippen LogP contribution < -0.4 is 5.32 Å². The van der Waals surface area contributed by atoms with Gasteiger partial charge >= 0.3 is 12.1 Å². The van der Waals surface area contributed by atoms with E-state index in [-0.39, 0.29) is 24.3 Å². The monoisotopic (exact) mass is 574 g/mol. The summed E-state index contributed by atoms with van der Waals surface area (Å²) >= 11 is 0. The Bertz CT molecular complexity index is 953. The van der Waals surface area contributed by atoms with Gasteiger partial charge in [0.2, 0.25) is 0 Å². The number of nitrogens with one attached hydrogen (secondary N) is 1. The SMILES string of the molecule is CC(COC(=O)CCCCCNC(=O)OCc1ccccc1)COP(OCc1ccccc1)C(C(C)C)N(C)C. The summed E-state index contributed by atoms with van der Waals surface area (Å²) in [5, 5.41) is 2.74. The second-order valence-corrected chi connectivity index (χ2v) is 12.2. The number of amides is 1. The number of nitrogens with zero attached hydrogens (tertiary/aromatic N) is 1. The predicted octanol–water partition coefficient (Wildman–Crippen LogP) is 6.74. The molecule has 0 fully saturated rings. The molecule has 0 spiro atoms. The van der Waals surface area contributed by atoms with Gasteiger partial charge < -0.3 is 23.8 Å². The van der Waals surface area contributed by atoms with Crippen molar-refractivity contribution in [2.24, 2.45) is 11.8 Å². The average Bonchev–Trinajstić information content (AvgIpc) is 2.94.